The largest absolute Gasteiger partial charge is 0.384 e. The summed E-state index contributed by atoms with van der Waals surface area (Å²) < 4.78 is 35.3. The zero-order valence-corrected chi connectivity index (χ0v) is 16.2. The quantitative estimate of drug-likeness (QED) is 0.521. The Bertz CT molecular complexity index is 1140. The van der Waals surface area contributed by atoms with E-state index < -0.39 is 50.8 Å². The number of nitrogens with one attached hydrogen (secondary N) is 1. The molecule has 156 valence electrons. The number of ether oxygens (including phenoxy) is 1. The predicted octanol–water partition coefficient (Wildman–Crippen LogP) is -0.940. The smallest absolute Gasteiger partial charge is 0.328 e. The summed E-state index contributed by atoms with van der Waals surface area (Å²) >= 11 is 0. The maximum atomic E-state index is 12.1. The standard InChI is InChI=1S/C18H20N2O8S/c1-29(25,26)28-15-12(20-8-7-13(21)19-16(20)22)9-17(15,23)18(24)10-27-14(18)11-5-3-2-4-6-11/h2-8,12,14-15,23-24H,9-10H2,1H3,(H,19,21,22). The van der Waals surface area contributed by atoms with Crippen molar-refractivity contribution in [3.05, 3.63) is 69.0 Å². The first-order valence-electron chi connectivity index (χ1n) is 8.86. The fraction of sp³-hybridized carbons (Fsp3) is 0.444. The summed E-state index contributed by atoms with van der Waals surface area (Å²) in [7, 11) is -4.04. The molecule has 1 saturated heterocycles. The predicted molar refractivity (Wildman–Crippen MR) is 99.7 cm³/mol. The molecule has 2 aromatic rings. The van der Waals surface area contributed by atoms with Crippen LogP contribution in [-0.2, 0) is 19.0 Å². The highest BCUT2D eigenvalue weighted by atomic mass is 32.2. The summed E-state index contributed by atoms with van der Waals surface area (Å²) in [5.74, 6) is 0. The third-order valence-corrected chi connectivity index (χ3v) is 6.14. The number of aliphatic hydroxyl groups is 2. The van der Waals surface area contributed by atoms with Gasteiger partial charge in [0.25, 0.3) is 15.7 Å². The Hall–Kier alpha value is -2.31. The molecule has 1 aromatic carbocycles. The van der Waals surface area contributed by atoms with Crippen LogP contribution in [0.2, 0.25) is 0 Å². The molecule has 5 unspecified atom stereocenters. The SMILES string of the molecule is CS(=O)(=O)OC1C(n2ccc(=O)[nH]c2=O)CC1(O)C1(O)COC1c1ccccc1. The minimum absolute atomic E-state index is 0.178. The molecule has 2 aliphatic rings. The van der Waals surface area contributed by atoms with Crippen molar-refractivity contribution in [2.75, 3.05) is 12.9 Å². The number of aromatic amines is 1. The number of hydrogen-bond donors (Lipinski definition) is 3. The minimum Gasteiger partial charge on any atom is -0.384 e. The minimum atomic E-state index is -4.04. The van der Waals surface area contributed by atoms with Gasteiger partial charge in [-0.05, 0) is 5.56 Å². The van der Waals surface area contributed by atoms with Gasteiger partial charge in [-0.15, -0.1) is 0 Å². The molecule has 0 amide bonds. The highest BCUT2D eigenvalue weighted by Crippen LogP contribution is 2.57. The fourth-order valence-electron chi connectivity index (χ4n) is 4.06. The zero-order chi connectivity index (χ0) is 21.0. The van der Waals surface area contributed by atoms with Gasteiger partial charge in [0.15, 0.2) is 0 Å². The molecule has 0 bridgehead atoms. The van der Waals surface area contributed by atoms with Gasteiger partial charge in [0, 0.05) is 18.7 Å². The van der Waals surface area contributed by atoms with Crippen molar-refractivity contribution in [3.8, 4) is 0 Å². The van der Waals surface area contributed by atoms with Gasteiger partial charge in [-0.25, -0.2) is 4.79 Å². The molecule has 1 saturated carbocycles. The lowest BCUT2D eigenvalue weighted by Gasteiger charge is -2.62. The zero-order valence-electron chi connectivity index (χ0n) is 15.4. The second-order valence-corrected chi connectivity index (χ2v) is 9.06. The lowest BCUT2D eigenvalue weighted by atomic mass is 9.59. The molecule has 2 fully saturated rings. The van der Waals surface area contributed by atoms with Crippen molar-refractivity contribution in [1.29, 1.82) is 0 Å². The van der Waals surface area contributed by atoms with Crippen LogP contribution in [0.1, 0.15) is 24.1 Å². The topological polar surface area (TPSA) is 148 Å². The summed E-state index contributed by atoms with van der Waals surface area (Å²) in [5, 5.41) is 22.6. The average Bonchev–Trinajstić information content (AvgIpc) is 2.63. The lowest BCUT2D eigenvalue weighted by Crippen LogP contribution is -2.78. The van der Waals surface area contributed by atoms with Gasteiger partial charge in [-0.2, -0.15) is 8.42 Å². The molecule has 5 atom stereocenters. The van der Waals surface area contributed by atoms with Gasteiger partial charge in [-0.3, -0.25) is 18.5 Å². The molecular formula is C18H20N2O8S. The molecule has 11 heteroatoms. The first-order chi connectivity index (χ1) is 13.6. The molecule has 10 nitrogen and oxygen atoms in total. The molecule has 0 spiro atoms. The number of benzene rings is 1. The van der Waals surface area contributed by atoms with E-state index in [9.17, 15) is 28.2 Å². The van der Waals surface area contributed by atoms with E-state index in [1.54, 1.807) is 30.3 Å². The summed E-state index contributed by atoms with van der Waals surface area (Å²) in [6, 6.07) is 8.89. The first-order valence-corrected chi connectivity index (χ1v) is 10.7. The van der Waals surface area contributed by atoms with Crippen LogP contribution in [-0.4, -0.2) is 58.4 Å². The number of nitrogens with zero attached hydrogens (tertiary/aromatic N) is 1. The maximum absolute atomic E-state index is 12.1. The second-order valence-electron chi connectivity index (χ2n) is 7.46. The number of H-pyrrole nitrogens is 1. The number of rotatable bonds is 5. The Balaban J connectivity index is 1.72. The summed E-state index contributed by atoms with van der Waals surface area (Å²) in [6.07, 6.45) is -0.523. The van der Waals surface area contributed by atoms with Crippen LogP contribution in [0, 0.1) is 0 Å². The van der Waals surface area contributed by atoms with Crippen LogP contribution >= 0.6 is 0 Å². The first kappa shape index (κ1) is 20.0. The number of hydrogen-bond acceptors (Lipinski definition) is 8. The third-order valence-electron chi connectivity index (χ3n) is 5.58. The Morgan fingerprint density at radius 3 is 2.41 bits per heavy atom. The van der Waals surface area contributed by atoms with Crippen LogP contribution in [0.4, 0.5) is 0 Å². The molecule has 2 heterocycles. The Kier molecular flexibility index (Phi) is 4.55. The van der Waals surface area contributed by atoms with E-state index >= 15 is 0 Å². The molecule has 3 N–H and O–H groups in total. The van der Waals surface area contributed by atoms with Crippen molar-refractivity contribution in [3.63, 3.8) is 0 Å². The van der Waals surface area contributed by atoms with E-state index in [4.69, 9.17) is 8.92 Å². The van der Waals surface area contributed by atoms with Gasteiger partial charge in [0.05, 0.1) is 18.9 Å². The highest BCUT2D eigenvalue weighted by molar-refractivity contribution is 7.86. The fourth-order valence-corrected chi connectivity index (χ4v) is 4.73. The Morgan fingerprint density at radius 2 is 1.86 bits per heavy atom. The average molecular weight is 424 g/mol. The van der Waals surface area contributed by atoms with Crippen LogP contribution in [0.3, 0.4) is 0 Å². The van der Waals surface area contributed by atoms with E-state index in [1.807, 2.05) is 0 Å². The summed E-state index contributed by atoms with van der Waals surface area (Å²) in [5.41, 5.74) is -4.61. The van der Waals surface area contributed by atoms with Crippen molar-refractivity contribution in [2.24, 2.45) is 0 Å². The Labute approximate surface area is 165 Å². The third kappa shape index (κ3) is 3.15. The van der Waals surface area contributed by atoms with Crippen LogP contribution in [0.5, 0.6) is 0 Å². The van der Waals surface area contributed by atoms with Gasteiger partial charge in [0.1, 0.15) is 23.4 Å². The molecular weight excluding hydrogens is 404 g/mol. The van der Waals surface area contributed by atoms with E-state index in [1.165, 1.54) is 6.20 Å². The second kappa shape index (κ2) is 6.61. The molecule has 29 heavy (non-hydrogen) atoms. The van der Waals surface area contributed by atoms with Crippen molar-refractivity contribution >= 4 is 10.1 Å². The van der Waals surface area contributed by atoms with E-state index in [-0.39, 0.29) is 13.0 Å². The molecule has 4 rings (SSSR count). The van der Waals surface area contributed by atoms with Gasteiger partial charge in [0.2, 0.25) is 0 Å². The summed E-state index contributed by atoms with van der Waals surface area (Å²) in [6.45, 7) is -0.236. The highest BCUT2D eigenvalue weighted by Gasteiger charge is 2.72. The molecule has 1 aromatic heterocycles. The monoisotopic (exact) mass is 424 g/mol. The molecule has 0 radical (unpaired) electrons. The van der Waals surface area contributed by atoms with Crippen LogP contribution < -0.4 is 11.2 Å². The van der Waals surface area contributed by atoms with Crippen molar-refractivity contribution < 1.29 is 27.6 Å². The van der Waals surface area contributed by atoms with E-state index in [0.29, 0.717) is 5.56 Å². The van der Waals surface area contributed by atoms with Crippen LogP contribution in [0.15, 0.2) is 52.2 Å². The van der Waals surface area contributed by atoms with Crippen molar-refractivity contribution in [1.82, 2.24) is 9.55 Å². The van der Waals surface area contributed by atoms with E-state index in [2.05, 4.69) is 4.98 Å². The van der Waals surface area contributed by atoms with E-state index in [0.717, 1.165) is 16.9 Å². The van der Waals surface area contributed by atoms with Crippen LogP contribution in [0.25, 0.3) is 0 Å². The number of aromatic nitrogens is 2. The normalized spacial score (nSPS) is 34.2. The van der Waals surface area contributed by atoms with Gasteiger partial charge >= 0.3 is 5.69 Å². The maximum Gasteiger partial charge on any atom is 0.328 e. The lowest BCUT2D eigenvalue weighted by molar-refractivity contribution is -0.360. The molecule has 1 aliphatic heterocycles. The summed E-state index contributed by atoms with van der Waals surface area (Å²) in [4.78, 5) is 25.5. The van der Waals surface area contributed by atoms with Gasteiger partial charge in [-0.1, -0.05) is 30.3 Å². The van der Waals surface area contributed by atoms with Crippen molar-refractivity contribution in [2.45, 2.75) is 35.9 Å². The van der Waals surface area contributed by atoms with Gasteiger partial charge < -0.3 is 14.9 Å². The Morgan fingerprint density at radius 1 is 1.17 bits per heavy atom. The molecule has 1 aliphatic carbocycles.